The fourth-order valence-electron chi connectivity index (χ4n) is 3.77. The lowest BCUT2D eigenvalue weighted by Crippen LogP contribution is -2.32. The van der Waals surface area contributed by atoms with Gasteiger partial charge in [-0.15, -0.1) is 0 Å². The highest BCUT2D eigenvalue weighted by Crippen LogP contribution is 2.32. The lowest BCUT2D eigenvalue weighted by Gasteiger charge is -2.22. The molecule has 2 aromatic rings. The van der Waals surface area contributed by atoms with Gasteiger partial charge in [-0.25, -0.2) is 8.42 Å². The van der Waals surface area contributed by atoms with Crippen LogP contribution < -0.4 is 4.74 Å². The molecule has 0 saturated carbocycles. The second-order valence-electron chi connectivity index (χ2n) is 8.25. The Balaban J connectivity index is 1.63. The maximum Gasteiger partial charge on any atom is 0.425 e. The van der Waals surface area contributed by atoms with Crippen molar-refractivity contribution >= 4 is 21.3 Å². The van der Waals surface area contributed by atoms with E-state index >= 15 is 0 Å². The Hall–Kier alpha value is -2.92. The van der Waals surface area contributed by atoms with Crippen LogP contribution in [0.5, 0.6) is 5.75 Å². The minimum atomic E-state index is -4.65. The average molecular weight is 497 g/mol. The van der Waals surface area contributed by atoms with Crippen molar-refractivity contribution in [3.8, 4) is 5.75 Å². The van der Waals surface area contributed by atoms with E-state index in [1.807, 2.05) is 18.2 Å². The largest absolute Gasteiger partial charge is 0.480 e. The van der Waals surface area contributed by atoms with Gasteiger partial charge in [0.2, 0.25) is 0 Å². The van der Waals surface area contributed by atoms with Crippen LogP contribution in [0.3, 0.4) is 0 Å². The van der Waals surface area contributed by atoms with Crippen LogP contribution in [0.2, 0.25) is 0 Å². The van der Waals surface area contributed by atoms with Gasteiger partial charge in [0.1, 0.15) is 5.75 Å². The zero-order valence-corrected chi connectivity index (χ0v) is 19.4. The maximum absolute atomic E-state index is 13.3. The number of hydrogen-bond acceptors (Lipinski definition) is 6. The Labute approximate surface area is 195 Å². The molecule has 1 aromatic carbocycles. The van der Waals surface area contributed by atoms with E-state index in [-0.39, 0.29) is 29.3 Å². The second-order valence-corrected chi connectivity index (χ2v) is 10.3. The summed E-state index contributed by atoms with van der Waals surface area (Å²) in [6.07, 6.45) is -3.20. The van der Waals surface area contributed by atoms with E-state index < -0.39 is 28.0 Å². The lowest BCUT2D eigenvalue weighted by molar-refractivity contribution is -0.189. The predicted molar refractivity (Wildman–Crippen MR) is 117 cm³/mol. The van der Waals surface area contributed by atoms with Crippen molar-refractivity contribution < 1.29 is 35.9 Å². The van der Waals surface area contributed by atoms with Crippen molar-refractivity contribution in [3.63, 3.8) is 0 Å². The summed E-state index contributed by atoms with van der Waals surface area (Å²) < 4.78 is 73.6. The molecule has 3 heterocycles. The SMILES string of the molecule is CC(Oc1ccc(S(C)(=O)=O)cc1C(=O)N1Cc2ccc(C3=CCOCC3)nc2C1)C(F)(F)F. The Morgan fingerprint density at radius 1 is 1.21 bits per heavy atom. The van der Waals surface area contributed by atoms with Gasteiger partial charge in [-0.2, -0.15) is 13.2 Å². The molecule has 2 aliphatic heterocycles. The summed E-state index contributed by atoms with van der Waals surface area (Å²) in [6, 6.07) is 7.01. The number of pyridine rings is 1. The molecule has 0 spiro atoms. The van der Waals surface area contributed by atoms with Crippen LogP contribution in [0.15, 0.2) is 41.3 Å². The molecule has 0 saturated heterocycles. The number of benzene rings is 1. The number of sulfone groups is 1. The van der Waals surface area contributed by atoms with Crippen molar-refractivity contribution in [2.24, 2.45) is 0 Å². The number of amides is 1. The Morgan fingerprint density at radius 2 is 1.97 bits per heavy atom. The molecule has 0 aliphatic carbocycles. The Bertz CT molecular complexity index is 1260. The van der Waals surface area contributed by atoms with E-state index in [0.717, 1.165) is 54.6 Å². The number of carbonyl (C=O) groups is 1. The van der Waals surface area contributed by atoms with Gasteiger partial charge < -0.3 is 14.4 Å². The zero-order chi connectivity index (χ0) is 24.7. The van der Waals surface area contributed by atoms with E-state index in [4.69, 9.17) is 9.47 Å². The normalized spacial score (nSPS) is 17.2. The third-order valence-electron chi connectivity index (χ3n) is 5.72. The monoisotopic (exact) mass is 496 g/mol. The van der Waals surface area contributed by atoms with Crippen molar-refractivity contribution in [3.05, 3.63) is 58.9 Å². The molecule has 1 amide bonds. The number of ether oxygens (including phenoxy) is 2. The minimum Gasteiger partial charge on any atom is -0.480 e. The van der Waals surface area contributed by atoms with Crippen LogP contribution in [0.4, 0.5) is 13.2 Å². The first-order valence-corrected chi connectivity index (χ1v) is 12.5. The molecule has 1 unspecified atom stereocenters. The first-order chi connectivity index (χ1) is 15.9. The molecular formula is C23H23F3N2O5S. The first-order valence-electron chi connectivity index (χ1n) is 10.6. The number of halogens is 3. The first kappa shape index (κ1) is 24.2. The highest BCUT2D eigenvalue weighted by Gasteiger charge is 2.39. The summed E-state index contributed by atoms with van der Waals surface area (Å²) in [7, 11) is -3.71. The summed E-state index contributed by atoms with van der Waals surface area (Å²) in [5.41, 5.74) is 3.09. The second kappa shape index (κ2) is 9.03. The van der Waals surface area contributed by atoms with E-state index in [0.29, 0.717) is 18.9 Å². The molecule has 1 atom stereocenters. The average Bonchev–Trinajstić information content (AvgIpc) is 3.21. The highest BCUT2D eigenvalue weighted by molar-refractivity contribution is 7.90. The number of nitrogens with zero attached hydrogens (tertiary/aromatic N) is 2. The van der Waals surface area contributed by atoms with Gasteiger partial charge in [-0.1, -0.05) is 12.1 Å². The van der Waals surface area contributed by atoms with E-state index in [1.165, 1.54) is 4.90 Å². The highest BCUT2D eigenvalue weighted by atomic mass is 32.2. The van der Waals surface area contributed by atoms with Crippen molar-refractivity contribution in [2.75, 3.05) is 19.5 Å². The number of hydrogen-bond donors (Lipinski definition) is 0. The smallest absolute Gasteiger partial charge is 0.425 e. The number of aromatic nitrogens is 1. The summed E-state index contributed by atoms with van der Waals surface area (Å²) in [6.45, 7) is 2.27. The van der Waals surface area contributed by atoms with Crippen LogP contribution in [0, 0.1) is 0 Å². The van der Waals surface area contributed by atoms with Gasteiger partial charge in [0.25, 0.3) is 5.91 Å². The maximum atomic E-state index is 13.3. The minimum absolute atomic E-state index is 0.142. The summed E-state index contributed by atoms with van der Waals surface area (Å²) >= 11 is 0. The molecular weight excluding hydrogens is 473 g/mol. The standard InChI is InChI=1S/C23H23F3N2O5S/c1-14(23(24,25)26)33-21-6-4-17(34(2,30)31)11-18(21)22(29)28-12-16-3-5-19(27-20(16)13-28)15-7-9-32-10-8-15/h3-7,11,14H,8-10,12-13H2,1-2H3. The van der Waals surface area contributed by atoms with Crippen LogP contribution >= 0.6 is 0 Å². The van der Waals surface area contributed by atoms with Crippen molar-refractivity contribution in [1.29, 1.82) is 0 Å². The number of alkyl halides is 3. The third-order valence-corrected chi connectivity index (χ3v) is 6.83. The van der Waals surface area contributed by atoms with Gasteiger partial charge in [0, 0.05) is 12.8 Å². The Kier molecular flexibility index (Phi) is 6.43. The van der Waals surface area contributed by atoms with Gasteiger partial charge in [0.15, 0.2) is 15.9 Å². The van der Waals surface area contributed by atoms with Gasteiger partial charge >= 0.3 is 6.18 Å². The summed E-state index contributed by atoms with van der Waals surface area (Å²) in [5.74, 6) is -0.973. The molecule has 1 aromatic heterocycles. The molecule has 182 valence electrons. The van der Waals surface area contributed by atoms with E-state index in [1.54, 1.807) is 0 Å². The van der Waals surface area contributed by atoms with Crippen LogP contribution in [-0.4, -0.2) is 56.0 Å². The molecule has 7 nitrogen and oxygen atoms in total. The topological polar surface area (TPSA) is 85.8 Å². The fourth-order valence-corrected chi connectivity index (χ4v) is 4.42. The fraction of sp³-hybridized carbons (Fsp3) is 0.391. The summed E-state index contributed by atoms with van der Waals surface area (Å²) in [5, 5.41) is 0. The van der Waals surface area contributed by atoms with Crippen LogP contribution in [-0.2, 0) is 27.7 Å². The molecule has 0 fully saturated rings. The van der Waals surface area contributed by atoms with Crippen molar-refractivity contribution in [2.45, 2.75) is 43.6 Å². The third kappa shape index (κ3) is 5.10. The molecule has 4 rings (SSSR count). The summed E-state index contributed by atoms with van der Waals surface area (Å²) in [4.78, 5) is 19.2. The molecule has 0 N–H and O–H groups in total. The molecule has 2 aliphatic rings. The molecule has 11 heteroatoms. The predicted octanol–water partition coefficient (Wildman–Crippen LogP) is 3.77. The van der Waals surface area contributed by atoms with Crippen LogP contribution in [0.1, 0.15) is 40.7 Å². The Morgan fingerprint density at radius 3 is 2.62 bits per heavy atom. The van der Waals surface area contributed by atoms with Crippen LogP contribution in [0.25, 0.3) is 5.57 Å². The van der Waals surface area contributed by atoms with Gasteiger partial charge in [-0.3, -0.25) is 9.78 Å². The molecule has 34 heavy (non-hydrogen) atoms. The number of rotatable bonds is 5. The van der Waals surface area contributed by atoms with Gasteiger partial charge in [-0.05, 0) is 48.7 Å². The van der Waals surface area contributed by atoms with Crippen molar-refractivity contribution in [1.82, 2.24) is 9.88 Å². The number of carbonyl (C=O) groups excluding carboxylic acids is 1. The molecule has 0 bridgehead atoms. The van der Waals surface area contributed by atoms with E-state index in [2.05, 4.69) is 4.98 Å². The quantitative estimate of drug-likeness (QED) is 0.627. The zero-order valence-electron chi connectivity index (χ0n) is 18.6. The number of fused-ring (bicyclic) bond motifs is 1. The molecule has 0 radical (unpaired) electrons. The lowest BCUT2D eigenvalue weighted by atomic mass is 10.1. The van der Waals surface area contributed by atoms with Gasteiger partial charge in [0.05, 0.1) is 41.6 Å². The van der Waals surface area contributed by atoms with E-state index in [9.17, 15) is 26.4 Å².